The van der Waals surface area contributed by atoms with E-state index >= 15 is 0 Å². The van der Waals surface area contributed by atoms with Gasteiger partial charge in [0.05, 0.1) is 18.1 Å². The number of thioether (sulfide) groups is 1. The van der Waals surface area contributed by atoms with Gasteiger partial charge in [-0.15, -0.1) is 11.6 Å². The van der Waals surface area contributed by atoms with Crippen molar-refractivity contribution in [2.75, 3.05) is 38.5 Å². The summed E-state index contributed by atoms with van der Waals surface area (Å²) in [7, 11) is 4.00. The second-order valence-electron chi connectivity index (χ2n) is 6.35. The molecule has 0 spiro atoms. The van der Waals surface area contributed by atoms with Crippen LogP contribution >= 0.6 is 23.4 Å². The van der Waals surface area contributed by atoms with Crippen molar-refractivity contribution in [1.82, 2.24) is 10.2 Å². The van der Waals surface area contributed by atoms with Crippen molar-refractivity contribution in [1.29, 1.82) is 0 Å². The molecule has 1 aromatic carbocycles. The van der Waals surface area contributed by atoms with Crippen LogP contribution in [0, 0.1) is 0 Å². The van der Waals surface area contributed by atoms with Gasteiger partial charge < -0.3 is 10.2 Å². The summed E-state index contributed by atoms with van der Waals surface area (Å²) in [4.78, 5) is 6.87. The van der Waals surface area contributed by atoms with E-state index in [9.17, 15) is 0 Å². The van der Waals surface area contributed by atoms with Crippen LogP contribution in [0.2, 0.25) is 0 Å². The lowest BCUT2D eigenvalue weighted by Crippen LogP contribution is -2.15. The smallest absolute Gasteiger partial charge is 0.0649 e. The fraction of sp³-hybridized carbons (Fsp3) is 0.318. The number of halogens is 1. The van der Waals surface area contributed by atoms with Crippen LogP contribution in [0.3, 0.4) is 0 Å². The van der Waals surface area contributed by atoms with Gasteiger partial charge in [0.25, 0.3) is 0 Å². The molecule has 1 aromatic rings. The van der Waals surface area contributed by atoms with Crippen LogP contribution in [-0.4, -0.2) is 49.1 Å². The van der Waals surface area contributed by atoms with Gasteiger partial charge in [-0.2, -0.15) is 11.8 Å². The molecular formula is C22H28ClN3S. The number of hydrogen-bond donors (Lipinski definition) is 1. The minimum atomic E-state index is 0.420. The summed E-state index contributed by atoms with van der Waals surface area (Å²) in [6, 6.07) is 10.5. The molecule has 0 bridgehead atoms. The zero-order valence-corrected chi connectivity index (χ0v) is 17.9. The van der Waals surface area contributed by atoms with E-state index in [4.69, 9.17) is 11.6 Å². The summed E-state index contributed by atoms with van der Waals surface area (Å²) in [5.41, 5.74) is 6.82. The molecule has 0 aromatic heterocycles. The molecule has 1 aliphatic rings. The Balaban J connectivity index is 2.44. The molecule has 3 nitrogen and oxygen atoms in total. The molecule has 27 heavy (non-hydrogen) atoms. The van der Waals surface area contributed by atoms with Crippen LogP contribution in [0.4, 0.5) is 0 Å². The summed E-state index contributed by atoms with van der Waals surface area (Å²) in [6.07, 6.45) is 8.24. The highest BCUT2D eigenvalue weighted by atomic mass is 35.5. The predicted octanol–water partition coefficient (Wildman–Crippen LogP) is 4.64. The average Bonchev–Trinajstić information content (AvgIpc) is 3.09. The Kier molecular flexibility index (Phi) is 8.76. The van der Waals surface area contributed by atoms with Crippen LogP contribution in [0.25, 0.3) is 0 Å². The molecular weight excluding hydrogens is 374 g/mol. The Hall–Kier alpha value is -1.91. The highest BCUT2D eigenvalue weighted by Gasteiger charge is 2.21. The van der Waals surface area contributed by atoms with Crippen molar-refractivity contribution < 1.29 is 0 Å². The fourth-order valence-electron chi connectivity index (χ4n) is 3.05. The van der Waals surface area contributed by atoms with Crippen LogP contribution in [-0.2, 0) is 6.54 Å². The molecule has 1 heterocycles. The van der Waals surface area contributed by atoms with E-state index in [2.05, 4.69) is 71.6 Å². The Morgan fingerprint density at radius 3 is 2.70 bits per heavy atom. The van der Waals surface area contributed by atoms with E-state index < -0.39 is 0 Å². The minimum absolute atomic E-state index is 0.420. The van der Waals surface area contributed by atoms with Gasteiger partial charge in [0, 0.05) is 49.4 Å². The highest BCUT2D eigenvalue weighted by molar-refractivity contribution is 7.98. The number of nitrogens with one attached hydrogen (secondary N) is 1. The number of benzene rings is 1. The van der Waals surface area contributed by atoms with Crippen molar-refractivity contribution in [3.63, 3.8) is 0 Å². The summed E-state index contributed by atoms with van der Waals surface area (Å²) < 4.78 is 0. The summed E-state index contributed by atoms with van der Waals surface area (Å²) >= 11 is 8.03. The van der Waals surface area contributed by atoms with Crippen molar-refractivity contribution in [3.8, 4) is 0 Å². The molecule has 0 aliphatic carbocycles. The molecule has 2 rings (SSSR count). The van der Waals surface area contributed by atoms with E-state index in [1.54, 1.807) is 0 Å². The van der Waals surface area contributed by atoms with Gasteiger partial charge >= 0.3 is 0 Å². The largest absolute Gasteiger partial charge is 0.388 e. The third-order valence-corrected chi connectivity index (χ3v) is 5.18. The minimum Gasteiger partial charge on any atom is -0.388 e. The van der Waals surface area contributed by atoms with Crippen LogP contribution in [0.5, 0.6) is 0 Å². The Morgan fingerprint density at radius 2 is 2.11 bits per heavy atom. The number of allylic oxidation sites excluding steroid dienone is 4. The number of aliphatic imine (C=N–C) groups is 1. The van der Waals surface area contributed by atoms with Crippen molar-refractivity contribution in [3.05, 3.63) is 83.2 Å². The first kappa shape index (κ1) is 21.4. The average molecular weight is 402 g/mol. The number of likely N-dealkylation sites (N-methyl/N-ethyl adjacent to an activating group) is 1. The number of rotatable bonds is 10. The topological polar surface area (TPSA) is 27.6 Å². The van der Waals surface area contributed by atoms with Crippen LogP contribution in [0.15, 0.2) is 82.7 Å². The monoisotopic (exact) mass is 401 g/mol. The summed E-state index contributed by atoms with van der Waals surface area (Å²) in [6.45, 7) is 5.47. The standard InChI is InChI=1S/C22H28ClN3S/c1-5-20(24-2)11-18(15-26(3)14-17-9-7-6-8-10-17)22-19(16-27-4)13-25-21(22)12-23/h5-11,15,24H,1,12-14,16H2,2-4H3/b18-15+,20-11+. The number of hydrogen-bond acceptors (Lipinski definition) is 4. The van der Waals surface area contributed by atoms with E-state index in [0.717, 1.165) is 35.8 Å². The van der Waals surface area contributed by atoms with Crippen molar-refractivity contribution in [2.24, 2.45) is 4.99 Å². The Bertz CT molecular complexity index is 763. The van der Waals surface area contributed by atoms with Gasteiger partial charge in [0.2, 0.25) is 0 Å². The second-order valence-corrected chi connectivity index (χ2v) is 7.48. The molecule has 1 N–H and O–H groups in total. The molecule has 144 valence electrons. The third-order valence-electron chi connectivity index (χ3n) is 4.29. The van der Waals surface area contributed by atoms with Crippen LogP contribution in [0.1, 0.15) is 5.56 Å². The third kappa shape index (κ3) is 6.05. The number of nitrogens with zero attached hydrogens (tertiary/aromatic N) is 2. The van der Waals surface area contributed by atoms with E-state index in [0.29, 0.717) is 5.88 Å². The Labute approximate surface area is 172 Å². The zero-order chi connectivity index (χ0) is 19.6. The molecule has 0 amide bonds. The van der Waals surface area contributed by atoms with Gasteiger partial charge in [0.1, 0.15) is 0 Å². The molecule has 0 atom stereocenters. The molecule has 0 saturated carbocycles. The maximum absolute atomic E-state index is 6.21. The first-order chi connectivity index (χ1) is 13.1. The summed E-state index contributed by atoms with van der Waals surface area (Å²) in [5.74, 6) is 1.37. The lowest BCUT2D eigenvalue weighted by Gasteiger charge is -2.19. The molecule has 0 fully saturated rings. The van der Waals surface area contributed by atoms with Gasteiger partial charge in [-0.3, -0.25) is 4.99 Å². The van der Waals surface area contributed by atoms with Crippen molar-refractivity contribution in [2.45, 2.75) is 6.54 Å². The second kappa shape index (κ2) is 11.1. The Morgan fingerprint density at radius 1 is 1.37 bits per heavy atom. The number of alkyl halides is 1. The van der Waals surface area contributed by atoms with Gasteiger partial charge in [-0.25, -0.2) is 0 Å². The SMILES string of the molecule is C=C/C(=C\C(=C/N(C)Cc1ccccc1)C1=C(CSC)CN=C1CCl)NC. The maximum atomic E-state index is 6.21. The summed E-state index contributed by atoms with van der Waals surface area (Å²) in [5, 5.41) is 3.19. The van der Waals surface area contributed by atoms with Gasteiger partial charge in [-0.05, 0) is 29.5 Å². The first-order valence-electron chi connectivity index (χ1n) is 8.91. The van der Waals surface area contributed by atoms with E-state index in [1.807, 2.05) is 31.0 Å². The lowest BCUT2D eigenvalue weighted by molar-refractivity contribution is 0.449. The normalized spacial score (nSPS) is 15.0. The van der Waals surface area contributed by atoms with Crippen molar-refractivity contribution >= 4 is 29.1 Å². The van der Waals surface area contributed by atoms with E-state index in [-0.39, 0.29) is 0 Å². The highest BCUT2D eigenvalue weighted by Crippen LogP contribution is 2.28. The predicted molar refractivity (Wildman–Crippen MR) is 122 cm³/mol. The molecule has 1 aliphatic heterocycles. The van der Waals surface area contributed by atoms with Crippen LogP contribution < -0.4 is 5.32 Å². The van der Waals surface area contributed by atoms with Gasteiger partial charge in [-0.1, -0.05) is 36.9 Å². The lowest BCUT2D eigenvalue weighted by atomic mass is 9.98. The molecule has 0 unspecified atom stereocenters. The molecule has 0 radical (unpaired) electrons. The van der Waals surface area contributed by atoms with Gasteiger partial charge in [0.15, 0.2) is 0 Å². The fourth-order valence-corrected chi connectivity index (χ4v) is 3.86. The zero-order valence-electron chi connectivity index (χ0n) is 16.3. The molecule has 0 saturated heterocycles. The molecule has 5 heteroatoms. The quantitative estimate of drug-likeness (QED) is 0.457. The van der Waals surface area contributed by atoms with E-state index in [1.165, 1.54) is 16.7 Å². The first-order valence-corrected chi connectivity index (χ1v) is 10.8. The maximum Gasteiger partial charge on any atom is 0.0649 e.